The van der Waals surface area contributed by atoms with E-state index in [0.717, 1.165) is 4.90 Å². The first kappa shape index (κ1) is 15.1. The van der Waals surface area contributed by atoms with Crippen molar-refractivity contribution in [1.82, 2.24) is 5.16 Å². The normalized spacial score (nSPS) is 11.0. The second-order valence-electron chi connectivity index (χ2n) is 4.47. The zero-order chi connectivity index (χ0) is 15.7. The Morgan fingerprint density at radius 1 is 1.36 bits per heavy atom. The highest BCUT2D eigenvalue weighted by Gasteiger charge is 2.16. The van der Waals surface area contributed by atoms with Crippen LogP contribution in [-0.2, 0) is 4.79 Å². The number of benzene rings is 2. The molecule has 0 fully saturated rings. The molecule has 1 aromatic heterocycles. The van der Waals surface area contributed by atoms with E-state index in [-0.39, 0.29) is 11.6 Å². The van der Waals surface area contributed by atoms with E-state index >= 15 is 0 Å². The number of aliphatic carboxylic acids is 1. The quantitative estimate of drug-likeness (QED) is 0.670. The maximum Gasteiger partial charge on any atom is 0.313 e. The number of thioether (sulfide) groups is 1. The summed E-state index contributed by atoms with van der Waals surface area (Å²) < 4.78 is 19.9. The molecule has 3 aromatic rings. The average molecular weight is 382 g/mol. The summed E-state index contributed by atoms with van der Waals surface area (Å²) in [4.78, 5) is 11.4. The monoisotopic (exact) mass is 381 g/mol. The molecule has 0 aliphatic rings. The van der Waals surface area contributed by atoms with E-state index in [1.807, 2.05) is 0 Å². The first-order valence-electron chi connectivity index (χ1n) is 6.24. The molecule has 0 bridgehead atoms. The number of hydrogen-bond donors (Lipinski definition) is 1. The number of halogens is 2. The highest BCUT2D eigenvalue weighted by molar-refractivity contribution is 9.10. The summed E-state index contributed by atoms with van der Waals surface area (Å²) in [6.07, 6.45) is 0. The van der Waals surface area contributed by atoms with Gasteiger partial charge in [0.25, 0.3) is 0 Å². The summed E-state index contributed by atoms with van der Waals surface area (Å²) in [7, 11) is 0. The van der Waals surface area contributed by atoms with Gasteiger partial charge in [-0.1, -0.05) is 17.3 Å². The van der Waals surface area contributed by atoms with Gasteiger partial charge in [0, 0.05) is 14.9 Å². The molecule has 2 aromatic carbocycles. The predicted molar refractivity (Wildman–Crippen MR) is 85.5 cm³/mol. The second kappa shape index (κ2) is 6.10. The molecule has 1 heterocycles. The van der Waals surface area contributed by atoms with Crippen molar-refractivity contribution >= 4 is 44.6 Å². The van der Waals surface area contributed by atoms with Gasteiger partial charge in [-0.2, -0.15) is 0 Å². The third-order valence-corrected chi connectivity index (χ3v) is 4.96. The van der Waals surface area contributed by atoms with Crippen molar-refractivity contribution in [3.63, 3.8) is 0 Å². The smallest absolute Gasteiger partial charge is 0.313 e. The van der Waals surface area contributed by atoms with E-state index in [1.165, 1.54) is 17.8 Å². The summed E-state index contributed by atoms with van der Waals surface area (Å²) in [6.45, 7) is 0. The topological polar surface area (TPSA) is 63.3 Å². The summed E-state index contributed by atoms with van der Waals surface area (Å²) in [5.74, 6) is -1.34. The third-order valence-electron chi connectivity index (χ3n) is 3.00. The fraction of sp³-hybridized carbons (Fsp3) is 0.0667. The van der Waals surface area contributed by atoms with E-state index < -0.39 is 5.97 Å². The SMILES string of the molecule is O=C(O)CSc1cc2onc(-c3ccccc3F)c2cc1Br. The lowest BCUT2D eigenvalue weighted by atomic mass is 10.1. The second-order valence-corrected chi connectivity index (χ2v) is 6.34. The Balaban J connectivity index is 2.07. The first-order chi connectivity index (χ1) is 10.6. The van der Waals surface area contributed by atoms with E-state index in [2.05, 4.69) is 21.1 Å². The predicted octanol–water partition coefficient (Wildman–Crippen LogP) is 4.57. The minimum absolute atomic E-state index is 0.0571. The zero-order valence-corrected chi connectivity index (χ0v) is 13.4. The van der Waals surface area contributed by atoms with Crippen molar-refractivity contribution in [2.24, 2.45) is 0 Å². The van der Waals surface area contributed by atoms with Gasteiger partial charge in [0.2, 0.25) is 0 Å². The maximum absolute atomic E-state index is 13.9. The van der Waals surface area contributed by atoms with Gasteiger partial charge < -0.3 is 9.63 Å². The molecule has 112 valence electrons. The number of rotatable bonds is 4. The van der Waals surface area contributed by atoms with Crippen LogP contribution in [0, 0.1) is 5.82 Å². The Labute approximate surface area is 137 Å². The van der Waals surface area contributed by atoms with E-state index in [4.69, 9.17) is 9.63 Å². The molecular formula is C15H9BrFNO3S. The van der Waals surface area contributed by atoms with Gasteiger partial charge in [0.05, 0.1) is 11.1 Å². The lowest BCUT2D eigenvalue weighted by molar-refractivity contribution is -0.133. The van der Waals surface area contributed by atoms with Crippen molar-refractivity contribution in [2.45, 2.75) is 4.90 Å². The van der Waals surface area contributed by atoms with Gasteiger partial charge in [-0.25, -0.2) is 4.39 Å². The summed E-state index contributed by atoms with van der Waals surface area (Å²) in [5, 5.41) is 13.4. The number of hydrogen-bond acceptors (Lipinski definition) is 4. The Kier molecular flexibility index (Phi) is 4.17. The lowest BCUT2D eigenvalue weighted by Crippen LogP contribution is -1.97. The lowest BCUT2D eigenvalue weighted by Gasteiger charge is -2.03. The van der Waals surface area contributed by atoms with Crippen LogP contribution in [0.5, 0.6) is 0 Å². The Bertz CT molecular complexity index is 865. The van der Waals surface area contributed by atoms with E-state index in [1.54, 1.807) is 30.3 Å². The number of aromatic nitrogens is 1. The van der Waals surface area contributed by atoms with Gasteiger partial charge in [-0.05, 0) is 40.2 Å². The standard InChI is InChI=1S/C15H9BrFNO3S/c16-10-5-9-12(6-13(10)22-7-14(19)20)21-18-15(9)8-3-1-2-4-11(8)17/h1-6H,7H2,(H,19,20). The molecule has 22 heavy (non-hydrogen) atoms. The summed E-state index contributed by atoms with van der Waals surface area (Å²) >= 11 is 4.57. The van der Waals surface area contributed by atoms with Crippen LogP contribution in [0.1, 0.15) is 0 Å². The molecule has 3 rings (SSSR count). The molecule has 7 heteroatoms. The highest BCUT2D eigenvalue weighted by atomic mass is 79.9. The largest absolute Gasteiger partial charge is 0.481 e. The fourth-order valence-corrected chi connectivity index (χ4v) is 3.39. The average Bonchev–Trinajstić information content (AvgIpc) is 2.88. The van der Waals surface area contributed by atoms with Crippen LogP contribution in [0.3, 0.4) is 0 Å². The molecule has 4 nitrogen and oxygen atoms in total. The zero-order valence-electron chi connectivity index (χ0n) is 11.0. The summed E-state index contributed by atoms with van der Waals surface area (Å²) in [5.41, 5.74) is 1.26. The van der Waals surface area contributed by atoms with Gasteiger partial charge in [0.15, 0.2) is 5.58 Å². The molecule has 0 saturated heterocycles. The van der Waals surface area contributed by atoms with Gasteiger partial charge in [0.1, 0.15) is 11.5 Å². The number of nitrogens with zero attached hydrogens (tertiary/aromatic N) is 1. The van der Waals surface area contributed by atoms with E-state index in [0.29, 0.717) is 26.7 Å². The molecule has 0 radical (unpaired) electrons. The van der Waals surface area contributed by atoms with Crippen LogP contribution < -0.4 is 0 Å². The summed E-state index contributed by atoms with van der Waals surface area (Å²) in [6, 6.07) is 9.79. The van der Waals surface area contributed by atoms with Crippen molar-refractivity contribution in [3.05, 3.63) is 46.7 Å². The molecule has 0 aliphatic heterocycles. The van der Waals surface area contributed by atoms with Crippen LogP contribution in [0.2, 0.25) is 0 Å². The minimum atomic E-state index is -0.901. The van der Waals surface area contributed by atoms with Crippen molar-refractivity contribution in [1.29, 1.82) is 0 Å². The number of carbonyl (C=O) groups is 1. The minimum Gasteiger partial charge on any atom is -0.481 e. The van der Waals surface area contributed by atoms with Crippen LogP contribution in [0.4, 0.5) is 4.39 Å². The van der Waals surface area contributed by atoms with Gasteiger partial charge in [-0.15, -0.1) is 11.8 Å². The van der Waals surface area contributed by atoms with Gasteiger partial charge >= 0.3 is 5.97 Å². The molecule has 0 aliphatic carbocycles. The number of carboxylic acid groups (broad SMARTS) is 1. The molecular weight excluding hydrogens is 373 g/mol. The number of fused-ring (bicyclic) bond motifs is 1. The molecule has 1 N–H and O–H groups in total. The third kappa shape index (κ3) is 2.86. The van der Waals surface area contributed by atoms with Crippen molar-refractivity contribution in [2.75, 3.05) is 5.75 Å². The van der Waals surface area contributed by atoms with Crippen molar-refractivity contribution in [3.8, 4) is 11.3 Å². The molecule has 0 atom stereocenters. The highest BCUT2D eigenvalue weighted by Crippen LogP contribution is 2.36. The maximum atomic E-state index is 13.9. The Hall–Kier alpha value is -1.86. The molecule has 0 unspecified atom stereocenters. The number of carboxylic acids is 1. The van der Waals surface area contributed by atoms with Crippen molar-refractivity contribution < 1.29 is 18.8 Å². The Morgan fingerprint density at radius 2 is 2.14 bits per heavy atom. The molecule has 0 spiro atoms. The fourth-order valence-electron chi connectivity index (χ4n) is 2.04. The first-order valence-corrected chi connectivity index (χ1v) is 8.02. The van der Waals surface area contributed by atoms with Crippen LogP contribution in [0.25, 0.3) is 22.2 Å². The van der Waals surface area contributed by atoms with Crippen LogP contribution in [0.15, 0.2) is 50.3 Å². The van der Waals surface area contributed by atoms with Crippen LogP contribution in [-0.4, -0.2) is 22.0 Å². The molecule has 0 saturated carbocycles. The van der Waals surface area contributed by atoms with Crippen LogP contribution >= 0.6 is 27.7 Å². The van der Waals surface area contributed by atoms with E-state index in [9.17, 15) is 9.18 Å². The molecule has 0 amide bonds. The Morgan fingerprint density at radius 3 is 2.86 bits per heavy atom. The van der Waals surface area contributed by atoms with Gasteiger partial charge in [-0.3, -0.25) is 4.79 Å².